The van der Waals surface area contributed by atoms with E-state index in [0.717, 1.165) is 22.6 Å². The molecule has 0 fully saturated rings. The standard InChI is InChI=1S/C16H18BO2/c1-11-5-7-15(13(3)9-11)18-17-19-16-8-6-12(2)10-14(16)4/h5-10H,1-4H3. The van der Waals surface area contributed by atoms with Crippen molar-refractivity contribution in [1.82, 2.24) is 0 Å². The minimum Gasteiger partial charge on any atom is -0.526 e. The number of benzene rings is 2. The van der Waals surface area contributed by atoms with Gasteiger partial charge in [0.25, 0.3) is 0 Å². The van der Waals surface area contributed by atoms with E-state index < -0.39 is 0 Å². The van der Waals surface area contributed by atoms with Crippen LogP contribution < -0.4 is 9.31 Å². The van der Waals surface area contributed by atoms with Gasteiger partial charge in [0.05, 0.1) is 0 Å². The van der Waals surface area contributed by atoms with Gasteiger partial charge in [0.15, 0.2) is 0 Å². The molecular weight excluding hydrogens is 235 g/mol. The third-order valence-electron chi connectivity index (χ3n) is 3.01. The van der Waals surface area contributed by atoms with Crippen molar-refractivity contribution in [3.63, 3.8) is 0 Å². The first kappa shape index (κ1) is 13.5. The Labute approximate surface area is 115 Å². The quantitative estimate of drug-likeness (QED) is 0.769. The van der Waals surface area contributed by atoms with Gasteiger partial charge in [0.1, 0.15) is 11.5 Å². The maximum Gasteiger partial charge on any atom is 0.658 e. The first-order chi connectivity index (χ1) is 9.06. The molecule has 2 aromatic carbocycles. The minimum atomic E-state index is 0.815. The van der Waals surface area contributed by atoms with E-state index >= 15 is 0 Å². The molecule has 2 aromatic rings. The molecule has 0 aromatic heterocycles. The molecule has 0 bridgehead atoms. The molecule has 0 saturated carbocycles. The average Bonchev–Trinajstić information content (AvgIpc) is 2.34. The Kier molecular flexibility index (Phi) is 4.15. The number of hydrogen-bond donors (Lipinski definition) is 0. The summed E-state index contributed by atoms with van der Waals surface area (Å²) in [5, 5.41) is 0. The summed E-state index contributed by atoms with van der Waals surface area (Å²) in [5.74, 6) is 1.63. The second kappa shape index (κ2) is 5.83. The first-order valence-corrected chi connectivity index (χ1v) is 6.36. The zero-order valence-electron chi connectivity index (χ0n) is 11.9. The Morgan fingerprint density at radius 2 is 1.11 bits per heavy atom. The molecule has 0 aliphatic heterocycles. The molecule has 0 amide bonds. The van der Waals surface area contributed by atoms with Gasteiger partial charge < -0.3 is 9.31 Å². The van der Waals surface area contributed by atoms with Gasteiger partial charge >= 0.3 is 7.69 Å². The molecule has 2 nitrogen and oxygen atoms in total. The lowest BCUT2D eigenvalue weighted by Crippen LogP contribution is -2.12. The van der Waals surface area contributed by atoms with Crippen molar-refractivity contribution in [2.75, 3.05) is 0 Å². The zero-order chi connectivity index (χ0) is 13.8. The van der Waals surface area contributed by atoms with Crippen LogP contribution in [0.4, 0.5) is 0 Å². The van der Waals surface area contributed by atoms with Crippen molar-refractivity contribution in [2.24, 2.45) is 0 Å². The summed E-state index contributed by atoms with van der Waals surface area (Å²) in [6.07, 6.45) is 0. The third kappa shape index (κ3) is 3.54. The van der Waals surface area contributed by atoms with E-state index in [1.165, 1.54) is 18.8 Å². The first-order valence-electron chi connectivity index (χ1n) is 6.36. The van der Waals surface area contributed by atoms with Crippen molar-refractivity contribution < 1.29 is 9.31 Å². The molecule has 97 valence electrons. The molecule has 0 N–H and O–H groups in total. The molecule has 19 heavy (non-hydrogen) atoms. The van der Waals surface area contributed by atoms with Crippen LogP contribution in [0.25, 0.3) is 0 Å². The highest BCUT2D eigenvalue weighted by Crippen LogP contribution is 2.20. The monoisotopic (exact) mass is 253 g/mol. The van der Waals surface area contributed by atoms with Crippen LogP contribution in [-0.4, -0.2) is 7.69 Å². The maximum atomic E-state index is 5.53. The van der Waals surface area contributed by atoms with Crippen molar-refractivity contribution in [2.45, 2.75) is 27.7 Å². The largest absolute Gasteiger partial charge is 0.658 e. The van der Waals surface area contributed by atoms with Crippen LogP contribution in [0.2, 0.25) is 0 Å². The van der Waals surface area contributed by atoms with Gasteiger partial charge in [-0.15, -0.1) is 0 Å². The van der Waals surface area contributed by atoms with E-state index in [1.54, 1.807) is 0 Å². The number of rotatable bonds is 4. The van der Waals surface area contributed by atoms with Gasteiger partial charge in [-0.05, 0) is 51.0 Å². The molecule has 1 radical (unpaired) electrons. The molecule has 3 heteroatoms. The van der Waals surface area contributed by atoms with Gasteiger partial charge in [-0.2, -0.15) is 0 Å². The predicted molar refractivity (Wildman–Crippen MR) is 78.8 cm³/mol. The molecule has 0 aliphatic rings. The van der Waals surface area contributed by atoms with Gasteiger partial charge in [-0.1, -0.05) is 35.4 Å². The summed E-state index contributed by atoms with van der Waals surface area (Å²) >= 11 is 0. The fourth-order valence-corrected chi connectivity index (χ4v) is 1.99. The van der Waals surface area contributed by atoms with E-state index in [0.29, 0.717) is 0 Å². The number of hydrogen-bond acceptors (Lipinski definition) is 2. The zero-order valence-corrected chi connectivity index (χ0v) is 11.9. The molecule has 0 spiro atoms. The Hall–Kier alpha value is -1.90. The SMILES string of the molecule is Cc1ccc(O[B]Oc2ccc(C)cc2C)c(C)c1. The van der Waals surface area contributed by atoms with Crippen LogP contribution in [0.3, 0.4) is 0 Å². The smallest absolute Gasteiger partial charge is 0.526 e. The maximum absolute atomic E-state index is 5.53. The van der Waals surface area contributed by atoms with Gasteiger partial charge in [0, 0.05) is 0 Å². The average molecular weight is 253 g/mol. The van der Waals surface area contributed by atoms with Gasteiger partial charge in [-0.25, -0.2) is 0 Å². The fourth-order valence-electron chi connectivity index (χ4n) is 1.99. The van der Waals surface area contributed by atoms with Crippen molar-refractivity contribution in [3.05, 3.63) is 58.7 Å². The summed E-state index contributed by atoms with van der Waals surface area (Å²) in [6, 6.07) is 12.1. The highest BCUT2D eigenvalue weighted by Gasteiger charge is 2.06. The van der Waals surface area contributed by atoms with E-state index in [2.05, 4.69) is 26.0 Å². The molecule has 0 atom stereocenters. The number of aryl methyl sites for hydroxylation is 4. The van der Waals surface area contributed by atoms with E-state index in [4.69, 9.17) is 9.31 Å². The lowest BCUT2D eigenvalue weighted by Gasteiger charge is -2.11. The molecule has 0 heterocycles. The highest BCUT2D eigenvalue weighted by atomic mass is 16.6. The molecule has 0 aliphatic carbocycles. The lowest BCUT2D eigenvalue weighted by molar-refractivity contribution is 0.455. The van der Waals surface area contributed by atoms with Crippen LogP contribution in [-0.2, 0) is 0 Å². The second-order valence-corrected chi connectivity index (χ2v) is 4.87. The molecule has 0 unspecified atom stereocenters. The van der Waals surface area contributed by atoms with Gasteiger partial charge in [-0.3, -0.25) is 0 Å². The van der Waals surface area contributed by atoms with E-state index in [9.17, 15) is 0 Å². The summed E-state index contributed by atoms with van der Waals surface area (Å²) in [5.41, 5.74) is 4.64. The van der Waals surface area contributed by atoms with Crippen LogP contribution in [0, 0.1) is 27.7 Å². The summed E-state index contributed by atoms with van der Waals surface area (Å²) in [7, 11) is 1.38. The minimum absolute atomic E-state index is 0.815. The van der Waals surface area contributed by atoms with Crippen LogP contribution in [0.5, 0.6) is 11.5 Å². The van der Waals surface area contributed by atoms with E-state index in [-0.39, 0.29) is 0 Å². The van der Waals surface area contributed by atoms with E-state index in [1.807, 2.05) is 38.1 Å². The van der Waals surface area contributed by atoms with Crippen LogP contribution in [0.15, 0.2) is 36.4 Å². The highest BCUT2D eigenvalue weighted by molar-refractivity contribution is 6.20. The van der Waals surface area contributed by atoms with Gasteiger partial charge in [0.2, 0.25) is 0 Å². The Balaban J connectivity index is 1.96. The fraction of sp³-hybridized carbons (Fsp3) is 0.250. The molecular formula is C16H18BO2. The topological polar surface area (TPSA) is 18.5 Å². The van der Waals surface area contributed by atoms with Crippen molar-refractivity contribution in [1.29, 1.82) is 0 Å². The predicted octanol–water partition coefficient (Wildman–Crippen LogP) is 3.91. The molecule has 0 saturated heterocycles. The summed E-state index contributed by atoms with van der Waals surface area (Å²) in [6.45, 7) is 8.17. The summed E-state index contributed by atoms with van der Waals surface area (Å²) < 4.78 is 11.1. The third-order valence-corrected chi connectivity index (χ3v) is 3.01. The normalized spacial score (nSPS) is 10.1. The second-order valence-electron chi connectivity index (χ2n) is 4.87. The molecule has 2 rings (SSSR count). The van der Waals surface area contributed by atoms with Crippen molar-refractivity contribution >= 4 is 7.69 Å². The Morgan fingerprint density at radius 3 is 1.47 bits per heavy atom. The Bertz CT molecular complexity index is 527. The summed E-state index contributed by atoms with van der Waals surface area (Å²) in [4.78, 5) is 0. The lowest BCUT2D eigenvalue weighted by atomic mass is 10.1. The van der Waals surface area contributed by atoms with Crippen LogP contribution in [0.1, 0.15) is 22.3 Å². The Morgan fingerprint density at radius 1 is 0.684 bits per heavy atom. The van der Waals surface area contributed by atoms with Crippen LogP contribution >= 0.6 is 0 Å². The van der Waals surface area contributed by atoms with Crippen molar-refractivity contribution in [3.8, 4) is 11.5 Å².